The number of benzene rings is 3. The number of rotatable bonds is 11. The maximum Gasteiger partial charge on any atom is 0.187 e. The number of ether oxygens (including phenoxy) is 5. The third-order valence-corrected chi connectivity index (χ3v) is 8.24. The van der Waals surface area contributed by atoms with Gasteiger partial charge in [0.25, 0.3) is 0 Å². The van der Waals surface area contributed by atoms with Crippen LogP contribution in [0.4, 0.5) is 0 Å². The van der Waals surface area contributed by atoms with E-state index in [2.05, 4.69) is 57.2 Å². The fourth-order valence-electron chi connectivity index (χ4n) is 5.99. The second kappa shape index (κ2) is 14.4. The van der Waals surface area contributed by atoms with Crippen LogP contribution < -0.4 is 0 Å². The van der Waals surface area contributed by atoms with E-state index in [1.807, 2.05) is 54.6 Å². The minimum absolute atomic E-state index is 0.132. The van der Waals surface area contributed by atoms with E-state index in [1.54, 1.807) is 0 Å². The van der Waals surface area contributed by atoms with Gasteiger partial charge in [-0.25, -0.2) is 0 Å². The second-order valence-corrected chi connectivity index (χ2v) is 11.6. The molecule has 8 atom stereocenters. The third kappa shape index (κ3) is 7.80. The highest BCUT2D eigenvalue weighted by Gasteiger charge is 2.48. The predicted molar refractivity (Wildman–Crippen MR) is 156 cm³/mol. The number of hydrogen-bond donors (Lipinski definition) is 0. The zero-order valence-electron chi connectivity index (χ0n) is 24.1. The van der Waals surface area contributed by atoms with Crippen molar-refractivity contribution in [1.29, 1.82) is 0 Å². The molecule has 1 aliphatic carbocycles. The van der Waals surface area contributed by atoms with Crippen LogP contribution in [0.5, 0.6) is 0 Å². The smallest absolute Gasteiger partial charge is 0.187 e. The lowest BCUT2D eigenvalue weighted by Crippen LogP contribution is -2.60. The van der Waals surface area contributed by atoms with Gasteiger partial charge >= 0.3 is 0 Å². The van der Waals surface area contributed by atoms with E-state index < -0.39 is 12.4 Å². The van der Waals surface area contributed by atoms with Crippen molar-refractivity contribution in [1.82, 2.24) is 0 Å². The molecule has 1 saturated carbocycles. The lowest BCUT2D eigenvalue weighted by Gasteiger charge is -2.47. The lowest BCUT2D eigenvalue weighted by molar-refractivity contribution is -0.333. The van der Waals surface area contributed by atoms with Gasteiger partial charge in [0.2, 0.25) is 0 Å². The summed E-state index contributed by atoms with van der Waals surface area (Å²) in [5.41, 5.74) is 3.32. The van der Waals surface area contributed by atoms with Gasteiger partial charge in [-0.2, -0.15) is 0 Å². The molecule has 0 amide bonds. The molecule has 0 aromatic heterocycles. The molecule has 40 heavy (non-hydrogen) atoms. The maximum absolute atomic E-state index is 6.77. The molecule has 0 unspecified atom stereocenters. The summed E-state index contributed by atoms with van der Waals surface area (Å²) < 4.78 is 33.3. The molecule has 2 fully saturated rings. The molecule has 5 rings (SSSR count). The zero-order chi connectivity index (χ0) is 27.7. The van der Waals surface area contributed by atoms with E-state index in [1.165, 1.54) is 12.8 Å². The minimum Gasteiger partial charge on any atom is -0.368 e. The maximum atomic E-state index is 6.77. The Hall–Kier alpha value is -2.54. The normalized spacial score (nSPS) is 30.7. The van der Waals surface area contributed by atoms with Crippen molar-refractivity contribution in [3.8, 4) is 0 Å². The molecule has 1 aliphatic heterocycles. The van der Waals surface area contributed by atoms with Crippen LogP contribution in [0, 0.1) is 11.8 Å². The van der Waals surface area contributed by atoms with E-state index >= 15 is 0 Å². The molecular weight excluding hydrogens is 500 g/mol. The van der Waals surface area contributed by atoms with E-state index in [0.717, 1.165) is 29.0 Å². The van der Waals surface area contributed by atoms with Crippen LogP contribution in [-0.4, -0.2) is 36.8 Å². The first-order valence-corrected chi connectivity index (χ1v) is 14.8. The molecule has 214 valence electrons. The highest BCUT2D eigenvalue weighted by molar-refractivity contribution is 5.15. The van der Waals surface area contributed by atoms with Crippen molar-refractivity contribution < 1.29 is 23.7 Å². The van der Waals surface area contributed by atoms with E-state index in [-0.39, 0.29) is 24.4 Å². The van der Waals surface area contributed by atoms with Crippen LogP contribution in [0.3, 0.4) is 0 Å². The molecule has 0 bridgehead atoms. The Kier molecular flexibility index (Phi) is 10.4. The summed E-state index contributed by atoms with van der Waals surface area (Å²) in [6.07, 6.45) is 1.57. The highest BCUT2D eigenvalue weighted by Crippen LogP contribution is 2.36. The van der Waals surface area contributed by atoms with E-state index in [4.69, 9.17) is 23.7 Å². The summed E-state index contributed by atoms with van der Waals surface area (Å²) in [7, 11) is 0. The van der Waals surface area contributed by atoms with Crippen LogP contribution >= 0.6 is 0 Å². The Balaban J connectivity index is 1.39. The van der Waals surface area contributed by atoms with Gasteiger partial charge in [-0.05, 0) is 54.7 Å². The molecule has 2 aliphatic rings. The fraction of sp³-hybridized carbons (Fsp3) is 0.486. The molecule has 0 N–H and O–H groups in total. The summed E-state index contributed by atoms with van der Waals surface area (Å²) in [5, 5.41) is 0. The highest BCUT2D eigenvalue weighted by atomic mass is 16.7. The van der Waals surface area contributed by atoms with Gasteiger partial charge in [0, 0.05) is 0 Å². The van der Waals surface area contributed by atoms with E-state index in [9.17, 15) is 0 Å². The van der Waals surface area contributed by atoms with Gasteiger partial charge < -0.3 is 23.7 Å². The Labute approximate surface area is 239 Å². The third-order valence-electron chi connectivity index (χ3n) is 8.24. The average Bonchev–Trinajstić information content (AvgIpc) is 2.98. The molecule has 1 heterocycles. The Morgan fingerprint density at radius 3 is 1.57 bits per heavy atom. The molecular formula is C35H44O5. The van der Waals surface area contributed by atoms with Crippen LogP contribution in [0.2, 0.25) is 0 Å². The van der Waals surface area contributed by atoms with Crippen molar-refractivity contribution in [3.63, 3.8) is 0 Å². The SMILES string of the molecule is C[C@@H]1CC[C@@H](O[C@@H]2O[C@@H](C)[C@@H](OCc3ccccc3)[C@@H](OCc3ccccc3)[C@@H]2OCc2ccccc2)[C@@H](C)C1. The van der Waals surface area contributed by atoms with Crippen molar-refractivity contribution in [2.45, 2.75) is 96.7 Å². The van der Waals surface area contributed by atoms with E-state index in [0.29, 0.717) is 25.7 Å². The van der Waals surface area contributed by atoms with Crippen LogP contribution in [0.1, 0.15) is 56.7 Å². The summed E-state index contributed by atoms with van der Waals surface area (Å²) in [4.78, 5) is 0. The fourth-order valence-corrected chi connectivity index (χ4v) is 5.99. The monoisotopic (exact) mass is 544 g/mol. The Morgan fingerprint density at radius 2 is 1.07 bits per heavy atom. The first-order chi connectivity index (χ1) is 19.6. The summed E-state index contributed by atoms with van der Waals surface area (Å²) in [6, 6.07) is 30.8. The molecule has 0 spiro atoms. The van der Waals surface area contributed by atoms with Crippen molar-refractivity contribution >= 4 is 0 Å². The van der Waals surface area contributed by atoms with Crippen LogP contribution in [0.25, 0.3) is 0 Å². The van der Waals surface area contributed by atoms with Crippen molar-refractivity contribution in [2.75, 3.05) is 0 Å². The minimum atomic E-state index is -0.545. The molecule has 3 aromatic carbocycles. The zero-order valence-corrected chi connectivity index (χ0v) is 24.1. The molecule has 3 aromatic rings. The lowest BCUT2D eigenvalue weighted by atomic mass is 9.81. The average molecular weight is 545 g/mol. The van der Waals surface area contributed by atoms with Crippen LogP contribution in [-0.2, 0) is 43.5 Å². The van der Waals surface area contributed by atoms with Gasteiger partial charge in [0.15, 0.2) is 6.29 Å². The van der Waals surface area contributed by atoms with Crippen molar-refractivity contribution in [2.24, 2.45) is 11.8 Å². The Bertz CT molecular complexity index is 1120. The molecule has 1 saturated heterocycles. The van der Waals surface area contributed by atoms with Gasteiger partial charge in [-0.1, -0.05) is 105 Å². The summed E-state index contributed by atoms with van der Waals surface area (Å²) >= 11 is 0. The van der Waals surface area contributed by atoms with Crippen LogP contribution in [0.15, 0.2) is 91.0 Å². The van der Waals surface area contributed by atoms with Gasteiger partial charge in [-0.3, -0.25) is 0 Å². The summed E-state index contributed by atoms with van der Waals surface area (Å²) in [6.45, 7) is 8.06. The Morgan fingerprint density at radius 1 is 0.600 bits per heavy atom. The van der Waals surface area contributed by atoms with Gasteiger partial charge in [-0.15, -0.1) is 0 Å². The quantitative estimate of drug-likeness (QED) is 0.253. The summed E-state index contributed by atoms with van der Waals surface area (Å²) in [5.74, 6) is 1.19. The molecule has 5 nitrogen and oxygen atoms in total. The topological polar surface area (TPSA) is 46.2 Å². The first-order valence-electron chi connectivity index (χ1n) is 14.8. The molecule has 0 radical (unpaired) electrons. The standard InChI is InChI=1S/C35H44O5/c1-25-19-20-31(26(2)21-25)40-35-34(38-24-30-17-11-6-12-18-30)33(37-23-29-15-9-5-10-16-29)32(27(3)39-35)36-22-28-13-7-4-8-14-28/h4-18,25-27,31-35H,19-24H2,1-3H3/t25-,26+,27+,31-,32-,33-,34+,35+/m1/s1. The molecule has 5 heteroatoms. The van der Waals surface area contributed by atoms with Gasteiger partial charge in [0.05, 0.1) is 32.0 Å². The number of hydrogen-bond acceptors (Lipinski definition) is 5. The van der Waals surface area contributed by atoms with Gasteiger partial charge in [0.1, 0.15) is 18.3 Å². The second-order valence-electron chi connectivity index (χ2n) is 11.6. The predicted octanol–water partition coefficient (Wildman–Crippen LogP) is 7.33. The first kappa shape index (κ1) is 29.0. The van der Waals surface area contributed by atoms with Crippen molar-refractivity contribution in [3.05, 3.63) is 108 Å². The largest absolute Gasteiger partial charge is 0.368 e.